The topological polar surface area (TPSA) is 57.3 Å². The molecule has 0 aliphatic carbocycles. The maximum Gasteiger partial charge on any atom is 0.270 e. The fourth-order valence-electron chi connectivity index (χ4n) is 2.25. The van der Waals surface area contributed by atoms with Gasteiger partial charge < -0.3 is 15.5 Å². The predicted octanol–water partition coefficient (Wildman–Crippen LogP) is 1.34. The van der Waals surface area contributed by atoms with Crippen LogP contribution in [-0.2, 0) is 0 Å². The number of amides is 1. The van der Waals surface area contributed by atoms with Crippen molar-refractivity contribution in [3.05, 3.63) is 23.9 Å². The molecule has 0 bridgehead atoms. The first kappa shape index (κ1) is 13.8. The van der Waals surface area contributed by atoms with Crippen molar-refractivity contribution >= 4 is 11.7 Å². The van der Waals surface area contributed by atoms with Crippen molar-refractivity contribution < 1.29 is 4.79 Å². The van der Waals surface area contributed by atoms with E-state index >= 15 is 0 Å². The van der Waals surface area contributed by atoms with E-state index in [0.29, 0.717) is 5.69 Å². The van der Waals surface area contributed by atoms with Gasteiger partial charge in [0.15, 0.2) is 0 Å². The average molecular weight is 262 g/mol. The maximum atomic E-state index is 12.1. The Balaban J connectivity index is 1.94. The van der Waals surface area contributed by atoms with E-state index in [1.54, 1.807) is 6.07 Å². The fraction of sp³-hybridized carbons (Fsp3) is 0.571. The third kappa shape index (κ3) is 3.92. The van der Waals surface area contributed by atoms with Gasteiger partial charge in [0.25, 0.3) is 5.91 Å². The van der Waals surface area contributed by atoms with Crippen LogP contribution in [0.4, 0.5) is 5.82 Å². The number of nitrogens with zero attached hydrogens (tertiary/aromatic N) is 2. The van der Waals surface area contributed by atoms with Crippen molar-refractivity contribution in [1.82, 2.24) is 15.2 Å². The Labute approximate surface area is 114 Å². The Bertz CT molecular complexity index is 427. The van der Waals surface area contributed by atoms with Crippen LogP contribution in [0.5, 0.6) is 0 Å². The third-order valence-electron chi connectivity index (χ3n) is 3.39. The number of carbonyl (C=O) groups excluding carboxylic acids is 1. The summed E-state index contributed by atoms with van der Waals surface area (Å²) in [6, 6.07) is 5.75. The Morgan fingerprint density at radius 1 is 1.42 bits per heavy atom. The summed E-state index contributed by atoms with van der Waals surface area (Å²) in [6.45, 7) is 4.88. The van der Waals surface area contributed by atoms with E-state index in [9.17, 15) is 4.79 Å². The fourth-order valence-corrected chi connectivity index (χ4v) is 2.25. The van der Waals surface area contributed by atoms with Gasteiger partial charge in [-0.2, -0.15) is 0 Å². The second kappa shape index (κ2) is 6.52. The molecule has 1 aliphatic rings. The molecule has 0 atom stereocenters. The van der Waals surface area contributed by atoms with Crippen LogP contribution < -0.4 is 10.6 Å². The van der Waals surface area contributed by atoms with Gasteiger partial charge in [0.2, 0.25) is 0 Å². The van der Waals surface area contributed by atoms with E-state index < -0.39 is 0 Å². The van der Waals surface area contributed by atoms with Crippen molar-refractivity contribution in [1.29, 1.82) is 0 Å². The lowest BCUT2D eigenvalue weighted by atomic mass is 10.1. The lowest BCUT2D eigenvalue weighted by molar-refractivity contribution is 0.0912. The highest BCUT2D eigenvalue weighted by molar-refractivity contribution is 5.92. The molecule has 2 rings (SSSR count). The van der Waals surface area contributed by atoms with Crippen LogP contribution in [0.1, 0.15) is 30.3 Å². The third-order valence-corrected chi connectivity index (χ3v) is 3.39. The van der Waals surface area contributed by atoms with Crippen LogP contribution in [0.3, 0.4) is 0 Å². The number of pyridine rings is 1. The molecule has 2 heterocycles. The molecule has 1 amide bonds. The van der Waals surface area contributed by atoms with Crippen LogP contribution in [-0.4, -0.2) is 48.5 Å². The average Bonchev–Trinajstić information content (AvgIpc) is 2.42. The number of anilines is 1. The molecular weight excluding hydrogens is 240 g/mol. The highest BCUT2D eigenvalue weighted by atomic mass is 16.1. The smallest absolute Gasteiger partial charge is 0.270 e. The minimum atomic E-state index is -0.0747. The number of likely N-dealkylation sites (tertiary alicyclic amines) is 1. The van der Waals surface area contributed by atoms with Crippen LogP contribution >= 0.6 is 0 Å². The number of rotatable bonds is 4. The number of hydrogen-bond donors (Lipinski definition) is 2. The summed E-state index contributed by atoms with van der Waals surface area (Å²) in [7, 11) is 2.11. The summed E-state index contributed by atoms with van der Waals surface area (Å²) in [6.07, 6.45) is 2.02. The number of carbonyl (C=O) groups is 1. The van der Waals surface area contributed by atoms with E-state index in [0.717, 1.165) is 38.3 Å². The standard InChI is InChI=1S/C14H22N4O/c1-3-15-13-6-4-5-12(17-13)14(19)16-11-7-9-18(2)10-8-11/h4-6,11H,3,7-10H2,1-2H3,(H,15,17)(H,16,19). The van der Waals surface area contributed by atoms with Gasteiger partial charge >= 0.3 is 0 Å². The number of aromatic nitrogens is 1. The zero-order chi connectivity index (χ0) is 13.7. The lowest BCUT2D eigenvalue weighted by Crippen LogP contribution is -2.43. The van der Waals surface area contributed by atoms with Crippen LogP contribution in [0, 0.1) is 0 Å². The summed E-state index contributed by atoms with van der Waals surface area (Å²) in [5.74, 6) is 0.674. The predicted molar refractivity (Wildman–Crippen MR) is 76.4 cm³/mol. The summed E-state index contributed by atoms with van der Waals surface area (Å²) in [5, 5.41) is 6.18. The first-order valence-corrected chi connectivity index (χ1v) is 6.89. The quantitative estimate of drug-likeness (QED) is 0.859. The zero-order valence-corrected chi connectivity index (χ0v) is 11.6. The summed E-state index contributed by atoms with van der Waals surface area (Å²) in [4.78, 5) is 18.7. The van der Waals surface area contributed by atoms with Crippen LogP contribution in [0.25, 0.3) is 0 Å². The number of nitrogens with one attached hydrogen (secondary N) is 2. The van der Waals surface area contributed by atoms with Crippen molar-refractivity contribution in [2.45, 2.75) is 25.8 Å². The van der Waals surface area contributed by atoms with E-state index in [-0.39, 0.29) is 11.9 Å². The van der Waals surface area contributed by atoms with Gasteiger partial charge in [-0.3, -0.25) is 4.79 Å². The first-order chi connectivity index (χ1) is 9.19. The summed E-state index contributed by atoms with van der Waals surface area (Å²) in [5.41, 5.74) is 0.484. The Hall–Kier alpha value is -1.62. The van der Waals surface area contributed by atoms with Crippen LogP contribution in [0.2, 0.25) is 0 Å². The van der Waals surface area contributed by atoms with E-state index in [1.165, 1.54) is 0 Å². The number of hydrogen-bond acceptors (Lipinski definition) is 4. The van der Waals surface area contributed by atoms with Crippen molar-refractivity contribution in [3.63, 3.8) is 0 Å². The van der Waals surface area contributed by atoms with Gasteiger partial charge in [-0.25, -0.2) is 4.98 Å². The van der Waals surface area contributed by atoms with E-state index in [4.69, 9.17) is 0 Å². The molecule has 1 fully saturated rings. The molecule has 1 aromatic heterocycles. The van der Waals surface area contributed by atoms with E-state index in [2.05, 4.69) is 27.6 Å². The van der Waals surface area contributed by atoms with Gasteiger partial charge in [0.1, 0.15) is 11.5 Å². The second-order valence-corrected chi connectivity index (χ2v) is 4.99. The normalized spacial score (nSPS) is 17.2. The van der Waals surface area contributed by atoms with Crippen molar-refractivity contribution in [2.24, 2.45) is 0 Å². The van der Waals surface area contributed by atoms with Crippen molar-refractivity contribution in [2.75, 3.05) is 32.0 Å². The summed E-state index contributed by atoms with van der Waals surface area (Å²) < 4.78 is 0. The molecule has 104 valence electrons. The van der Waals surface area contributed by atoms with Gasteiger partial charge in [-0.05, 0) is 52.0 Å². The van der Waals surface area contributed by atoms with Gasteiger partial charge in [-0.1, -0.05) is 6.07 Å². The lowest BCUT2D eigenvalue weighted by Gasteiger charge is -2.29. The largest absolute Gasteiger partial charge is 0.370 e. The first-order valence-electron chi connectivity index (χ1n) is 6.89. The molecule has 0 saturated carbocycles. The molecule has 1 saturated heterocycles. The highest BCUT2D eigenvalue weighted by Crippen LogP contribution is 2.10. The highest BCUT2D eigenvalue weighted by Gasteiger charge is 2.19. The zero-order valence-electron chi connectivity index (χ0n) is 11.6. The molecule has 5 nitrogen and oxygen atoms in total. The van der Waals surface area contributed by atoms with Gasteiger partial charge in [0.05, 0.1) is 0 Å². The molecule has 19 heavy (non-hydrogen) atoms. The molecule has 5 heteroatoms. The Kier molecular flexibility index (Phi) is 4.74. The summed E-state index contributed by atoms with van der Waals surface area (Å²) >= 11 is 0. The minimum Gasteiger partial charge on any atom is -0.370 e. The van der Waals surface area contributed by atoms with Gasteiger partial charge in [0, 0.05) is 12.6 Å². The SMILES string of the molecule is CCNc1cccc(C(=O)NC2CCN(C)CC2)n1. The maximum absolute atomic E-state index is 12.1. The molecule has 1 aromatic rings. The molecule has 1 aliphatic heterocycles. The number of piperidine rings is 1. The van der Waals surface area contributed by atoms with Crippen molar-refractivity contribution in [3.8, 4) is 0 Å². The molecule has 0 aromatic carbocycles. The monoisotopic (exact) mass is 262 g/mol. The Morgan fingerprint density at radius 3 is 2.84 bits per heavy atom. The second-order valence-electron chi connectivity index (χ2n) is 4.99. The molecule has 0 spiro atoms. The van der Waals surface area contributed by atoms with E-state index in [1.807, 2.05) is 19.1 Å². The minimum absolute atomic E-state index is 0.0747. The van der Waals surface area contributed by atoms with Gasteiger partial charge in [-0.15, -0.1) is 0 Å². The molecule has 0 radical (unpaired) electrons. The molecule has 2 N–H and O–H groups in total. The Morgan fingerprint density at radius 2 is 2.16 bits per heavy atom. The molecule has 0 unspecified atom stereocenters. The van der Waals surface area contributed by atoms with Crippen LogP contribution in [0.15, 0.2) is 18.2 Å². The molecular formula is C14H22N4O.